The van der Waals surface area contributed by atoms with Gasteiger partial charge < -0.3 is 4.90 Å². The van der Waals surface area contributed by atoms with Crippen LogP contribution in [0.15, 0.2) is 48.5 Å². The topological polar surface area (TPSA) is 57.7 Å². The molecule has 26 heavy (non-hydrogen) atoms. The van der Waals surface area contributed by atoms with Gasteiger partial charge in [0.2, 0.25) is 10.0 Å². The average molecular weight is 393 g/mol. The molecule has 0 spiro atoms. The van der Waals surface area contributed by atoms with Crippen molar-refractivity contribution < 1.29 is 13.2 Å². The lowest BCUT2D eigenvalue weighted by atomic mass is 10.1. The lowest BCUT2D eigenvalue weighted by Crippen LogP contribution is -2.30. The maximum atomic E-state index is 12.8. The number of nitrogens with zero attached hydrogens (tertiary/aromatic N) is 2. The first kappa shape index (κ1) is 18.7. The van der Waals surface area contributed by atoms with Gasteiger partial charge in [-0.2, -0.15) is 0 Å². The Morgan fingerprint density at radius 3 is 2.46 bits per heavy atom. The van der Waals surface area contributed by atoms with E-state index in [2.05, 4.69) is 0 Å². The highest BCUT2D eigenvalue weighted by atomic mass is 35.5. The van der Waals surface area contributed by atoms with E-state index in [0.717, 1.165) is 5.56 Å². The average Bonchev–Trinajstić information content (AvgIpc) is 2.99. The van der Waals surface area contributed by atoms with Crippen LogP contribution in [0.5, 0.6) is 0 Å². The number of sulfonamides is 1. The van der Waals surface area contributed by atoms with Crippen LogP contribution < -0.4 is 4.31 Å². The van der Waals surface area contributed by atoms with E-state index in [-0.39, 0.29) is 17.7 Å². The lowest BCUT2D eigenvalue weighted by Gasteiger charge is -2.26. The molecule has 0 bridgehead atoms. The second-order valence-electron chi connectivity index (χ2n) is 6.44. The molecule has 2 aromatic carbocycles. The molecule has 1 atom stereocenters. The van der Waals surface area contributed by atoms with Gasteiger partial charge in [-0.25, -0.2) is 8.42 Å². The molecular weight excluding hydrogens is 372 g/mol. The van der Waals surface area contributed by atoms with Gasteiger partial charge in [0.15, 0.2) is 0 Å². The molecule has 0 radical (unpaired) electrons. The first-order valence-corrected chi connectivity index (χ1v) is 10.4. The minimum atomic E-state index is -3.22. The predicted molar refractivity (Wildman–Crippen MR) is 104 cm³/mol. The van der Waals surface area contributed by atoms with Crippen LogP contribution in [0.3, 0.4) is 0 Å². The predicted octanol–water partition coefficient (Wildman–Crippen LogP) is 3.71. The zero-order chi connectivity index (χ0) is 18.9. The van der Waals surface area contributed by atoms with Crippen LogP contribution in [0.25, 0.3) is 0 Å². The molecule has 3 rings (SSSR count). The maximum Gasteiger partial charge on any atom is 0.254 e. The summed E-state index contributed by atoms with van der Waals surface area (Å²) in [6.45, 7) is 2.43. The molecule has 0 aromatic heterocycles. The number of halogens is 1. The highest BCUT2D eigenvalue weighted by molar-refractivity contribution is 7.93. The number of carbonyl (C=O) groups is 1. The summed E-state index contributed by atoms with van der Waals surface area (Å²) in [6, 6.07) is 14.0. The Bertz CT molecular complexity index is 913. The molecule has 1 amide bonds. The standard InChI is InChI=1S/C19H21ClN2O3S/c1-14(16-5-3-6-17(20)13-16)21(2)19(23)15-7-9-18(10-8-15)22-11-4-12-26(22,24)25/h3,5-10,13-14H,4,11-12H2,1-2H3. The zero-order valence-electron chi connectivity index (χ0n) is 14.7. The van der Waals surface area contributed by atoms with Crippen LogP contribution in [-0.4, -0.2) is 38.6 Å². The fourth-order valence-electron chi connectivity index (χ4n) is 3.07. The Morgan fingerprint density at radius 2 is 1.88 bits per heavy atom. The first-order chi connectivity index (χ1) is 12.3. The summed E-state index contributed by atoms with van der Waals surface area (Å²) in [7, 11) is -1.47. The molecule has 1 aliphatic heterocycles. The molecular formula is C19H21ClN2O3S. The van der Waals surface area contributed by atoms with Gasteiger partial charge >= 0.3 is 0 Å². The molecule has 1 unspecified atom stereocenters. The number of carbonyl (C=O) groups excluding carboxylic acids is 1. The number of benzene rings is 2. The third-order valence-corrected chi connectivity index (χ3v) is 6.84. The van der Waals surface area contributed by atoms with Gasteiger partial charge in [0.1, 0.15) is 0 Å². The fourth-order valence-corrected chi connectivity index (χ4v) is 4.83. The second kappa shape index (κ2) is 7.29. The third kappa shape index (κ3) is 3.71. The van der Waals surface area contributed by atoms with E-state index in [1.807, 2.05) is 25.1 Å². The monoisotopic (exact) mass is 392 g/mol. The van der Waals surface area contributed by atoms with Crippen LogP contribution in [0.4, 0.5) is 5.69 Å². The van der Waals surface area contributed by atoms with E-state index < -0.39 is 10.0 Å². The van der Waals surface area contributed by atoms with Gasteiger partial charge in [0, 0.05) is 24.2 Å². The van der Waals surface area contributed by atoms with Crippen LogP contribution in [0, 0.1) is 0 Å². The van der Waals surface area contributed by atoms with Gasteiger partial charge in [-0.1, -0.05) is 23.7 Å². The number of hydrogen-bond acceptors (Lipinski definition) is 3. The normalized spacial score (nSPS) is 17.1. The lowest BCUT2D eigenvalue weighted by molar-refractivity contribution is 0.0742. The van der Waals surface area contributed by atoms with Crippen molar-refractivity contribution in [2.75, 3.05) is 23.7 Å². The molecule has 0 saturated carbocycles. The van der Waals surface area contributed by atoms with Crippen LogP contribution in [0.1, 0.15) is 35.3 Å². The van der Waals surface area contributed by atoms with Crippen molar-refractivity contribution >= 4 is 33.2 Å². The first-order valence-electron chi connectivity index (χ1n) is 8.43. The largest absolute Gasteiger partial charge is 0.335 e. The van der Waals surface area contributed by atoms with Crippen molar-refractivity contribution in [2.45, 2.75) is 19.4 Å². The summed E-state index contributed by atoms with van der Waals surface area (Å²) in [4.78, 5) is 14.4. The fraction of sp³-hybridized carbons (Fsp3) is 0.316. The smallest absolute Gasteiger partial charge is 0.254 e. The van der Waals surface area contributed by atoms with E-state index in [4.69, 9.17) is 11.6 Å². The Balaban J connectivity index is 1.77. The summed E-state index contributed by atoms with van der Waals surface area (Å²) < 4.78 is 25.4. The zero-order valence-corrected chi connectivity index (χ0v) is 16.3. The molecule has 1 heterocycles. The van der Waals surface area contributed by atoms with Gasteiger partial charge in [-0.3, -0.25) is 9.10 Å². The Hall–Kier alpha value is -2.05. The van der Waals surface area contributed by atoms with Crippen LogP contribution in [-0.2, 0) is 10.0 Å². The quantitative estimate of drug-likeness (QED) is 0.796. The van der Waals surface area contributed by atoms with Crippen molar-refractivity contribution in [2.24, 2.45) is 0 Å². The van der Waals surface area contributed by atoms with Crippen molar-refractivity contribution in [1.29, 1.82) is 0 Å². The Kier molecular flexibility index (Phi) is 5.25. The molecule has 2 aromatic rings. The minimum absolute atomic E-state index is 0.131. The molecule has 5 nitrogen and oxygen atoms in total. The summed E-state index contributed by atoms with van der Waals surface area (Å²) in [6.07, 6.45) is 0.628. The van der Waals surface area contributed by atoms with Crippen molar-refractivity contribution in [3.05, 3.63) is 64.7 Å². The number of rotatable bonds is 4. The Morgan fingerprint density at radius 1 is 1.19 bits per heavy atom. The second-order valence-corrected chi connectivity index (χ2v) is 8.88. The highest BCUT2D eigenvalue weighted by Crippen LogP contribution is 2.26. The van der Waals surface area contributed by atoms with E-state index in [1.54, 1.807) is 42.3 Å². The molecule has 1 fully saturated rings. The summed E-state index contributed by atoms with van der Waals surface area (Å²) in [5.74, 6) is 0.0430. The summed E-state index contributed by atoms with van der Waals surface area (Å²) in [5, 5.41) is 0.631. The number of amides is 1. The molecule has 1 aliphatic rings. The highest BCUT2D eigenvalue weighted by Gasteiger charge is 2.28. The summed E-state index contributed by atoms with van der Waals surface area (Å²) >= 11 is 6.04. The van der Waals surface area contributed by atoms with Crippen LogP contribution in [0.2, 0.25) is 5.02 Å². The van der Waals surface area contributed by atoms with E-state index in [1.165, 1.54) is 4.31 Å². The molecule has 138 valence electrons. The maximum absolute atomic E-state index is 12.8. The van der Waals surface area contributed by atoms with Crippen molar-refractivity contribution in [3.8, 4) is 0 Å². The van der Waals surface area contributed by atoms with Crippen molar-refractivity contribution in [3.63, 3.8) is 0 Å². The van der Waals surface area contributed by atoms with Crippen molar-refractivity contribution in [1.82, 2.24) is 4.90 Å². The minimum Gasteiger partial charge on any atom is -0.335 e. The van der Waals surface area contributed by atoms with Gasteiger partial charge in [0.05, 0.1) is 17.5 Å². The van der Waals surface area contributed by atoms with Gasteiger partial charge in [-0.15, -0.1) is 0 Å². The van der Waals surface area contributed by atoms with Gasteiger partial charge in [0.25, 0.3) is 5.91 Å². The van der Waals surface area contributed by atoms with E-state index in [0.29, 0.717) is 29.2 Å². The molecule has 7 heteroatoms. The molecule has 1 saturated heterocycles. The van der Waals surface area contributed by atoms with E-state index >= 15 is 0 Å². The molecule has 0 N–H and O–H groups in total. The third-order valence-electron chi connectivity index (χ3n) is 4.73. The van der Waals surface area contributed by atoms with E-state index in [9.17, 15) is 13.2 Å². The van der Waals surface area contributed by atoms with Crippen LogP contribution >= 0.6 is 11.6 Å². The molecule has 0 aliphatic carbocycles. The van der Waals surface area contributed by atoms with Gasteiger partial charge in [-0.05, 0) is 55.3 Å². The summed E-state index contributed by atoms with van der Waals surface area (Å²) in [5.41, 5.74) is 2.07. The Labute approximate surface area is 159 Å². The number of anilines is 1. The number of hydrogen-bond donors (Lipinski definition) is 0. The SMILES string of the molecule is CC(c1cccc(Cl)c1)N(C)C(=O)c1ccc(N2CCCS2(=O)=O)cc1.